The molecule has 1 saturated heterocycles. The summed E-state index contributed by atoms with van der Waals surface area (Å²) in [5, 5.41) is 5.90. The summed E-state index contributed by atoms with van der Waals surface area (Å²) in [4.78, 5) is 12.1. The Labute approximate surface area is 102 Å². The van der Waals surface area contributed by atoms with E-state index in [1.807, 2.05) is 0 Å². The van der Waals surface area contributed by atoms with Gasteiger partial charge < -0.3 is 10.6 Å². The van der Waals surface area contributed by atoms with E-state index in [-0.39, 0.29) is 5.56 Å². The first-order valence-corrected chi connectivity index (χ1v) is 5.64. The highest BCUT2D eigenvalue weighted by atomic mass is 19.4. The summed E-state index contributed by atoms with van der Waals surface area (Å²) in [6.07, 6.45) is -4.51. The minimum Gasteiger partial charge on any atom is -0.313 e. The third-order valence-corrected chi connectivity index (χ3v) is 2.86. The molecule has 2 N–H and O–H groups in total. The molecule has 0 amide bonds. The van der Waals surface area contributed by atoms with Gasteiger partial charge in [-0.2, -0.15) is 13.2 Å². The Morgan fingerprint density at radius 1 is 1.22 bits per heavy atom. The van der Waals surface area contributed by atoms with Crippen molar-refractivity contribution in [2.45, 2.75) is 12.2 Å². The lowest BCUT2D eigenvalue weighted by atomic mass is 9.97. The van der Waals surface area contributed by atoms with E-state index in [2.05, 4.69) is 10.6 Å². The summed E-state index contributed by atoms with van der Waals surface area (Å²) < 4.78 is 38.4. The lowest BCUT2D eigenvalue weighted by molar-refractivity contribution is -0.137. The molecule has 98 valence electrons. The summed E-state index contributed by atoms with van der Waals surface area (Å²) >= 11 is 0. The van der Waals surface area contributed by atoms with Gasteiger partial charge in [-0.3, -0.25) is 4.79 Å². The van der Waals surface area contributed by atoms with Gasteiger partial charge in [-0.25, -0.2) is 0 Å². The molecule has 6 heteroatoms. The van der Waals surface area contributed by atoms with Crippen molar-refractivity contribution in [1.29, 1.82) is 0 Å². The van der Waals surface area contributed by atoms with Crippen LogP contribution in [0.25, 0.3) is 0 Å². The van der Waals surface area contributed by atoms with Crippen LogP contribution in [0.2, 0.25) is 0 Å². The highest BCUT2D eigenvalue weighted by Gasteiger charge is 2.36. The molecule has 1 aliphatic rings. The van der Waals surface area contributed by atoms with Crippen LogP contribution < -0.4 is 10.6 Å². The molecule has 18 heavy (non-hydrogen) atoms. The Hall–Kier alpha value is -1.40. The molecule has 1 unspecified atom stereocenters. The lowest BCUT2D eigenvalue weighted by Crippen LogP contribution is -2.52. The molecule has 3 nitrogen and oxygen atoms in total. The van der Waals surface area contributed by atoms with Crippen molar-refractivity contribution in [3.63, 3.8) is 0 Å². The van der Waals surface area contributed by atoms with E-state index in [4.69, 9.17) is 0 Å². The maximum absolute atomic E-state index is 12.8. The molecule has 1 aromatic rings. The van der Waals surface area contributed by atoms with Crippen LogP contribution in [0, 0.1) is 0 Å². The number of rotatable bonds is 2. The Morgan fingerprint density at radius 3 is 2.56 bits per heavy atom. The average Bonchev–Trinajstić information content (AvgIpc) is 2.38. The fourth-order valence-corrected chi connectivity index (χ4v) is 1.97. The number of carbonyl (C=O) groups excluding carboxylic acids is 1. The topological polar surface area (TPSA) is 41.1 Å². The smallest absolute Gasteiger partial charge is 0.313 e. The first-order valence-electron chi connectivity index (χ1n) is 5.64. The zero-order chi connectivity index (χ0) is 13.2. The van der Waals surface area contributed by atoms with E-state index in [1.54, 1.807) is 0 Å². The number of piperazine rings is 1. The van der Waals surface area contributed by atoms with Crippen molar-refractivity contribution in [2.24, 2.45) is 0 Å². The number of nitrogens with one attached hydrogen (secondary N) is 2. The number of alkyl halides is 3. The second-order valence-electron chi connectivity index (χ2n) is 4.12. The summed E-state index contributed by atoms with van der Waals surface area (Å²) in [7, 11) is 0. The maximum Gasteiger partial charge on any atom is 0.417 e. The van der Waals surface area contributed by atoms with Crippen LogP contribution in [-0.2, 0) is 6.18 Å². The third-order valence-electron chi connectivity index (χ3n) is 2.86. The van der Waals surface area contributed by atoms with Gasteiger partial charge in [0.05, 0.1) is 11.6 Å². The second kappa shape index (κ2) is 5.07. The van der Waals surface area contributed by atoms with Crippen molar-refractivity contribution >= 4 is 5.78 Å². The number of hydrogen-bond acceptors (Lipinski definition) is 3. The van der Waals surface area contributed by atoms with Crippen molar-refractivity contribution in [1.82, 2.24) is 10.6 Å². The number of Topliss-reactive ketones (excluding diaryl/α,β-unsaturated/α-hetero) is 1. The van der Waals surface area contributed by atoms with Crippen LogP contribution in [0.5, 0.6) is 0 Å². The number of carbonyl (C=O) groups is 1. The van der Waals surface area contributed by atoms with Crippen molar-refractivity contribution in [3.05, 3.63) is 35.4 Å². The predicted octanol–water partition coefficient (Wildman–Crippen LogP) is 1.45. The van der Waals surface area contributed by atoms with Crippen LogP contribution >= 0.6 is 0 Å². The summed E-state index contributed by atoms with van der Waals surface area (Å²) in [5.41, 5.74) is -1.14. The fraction of sp³-hybridized carbons (Fsp3) is 0.417. The molecule has 1 aliphatic heterocycles. The first-order chi connectivity index (χ1) is 8.50. The molecular weight excluding hydrogens is 245 g/mol. The van der Waals surface area contributed by atoms with Gasteiger partial charge in [0.1, 0.15) is 0 Å². The second-order valence-corrected chi connectivity index (χ2v) is 4.12. The normalized spacial score (nSPS) is 20.7. The van der Waals surface area contributed by atoms with Gasteiger partial charge in [-0.05, 0) is 6.07 Å². The van der Waals surface area contributed by atoms with Crippen LogP contribution in [0.15, 0.2) is 24.3 Å². The summed E-state index contributed by atoms with van der Waals surface area (Å²) in [5.74, 6) is -0.518. The monoisotopic (exact) mass is 258 g/mol. The van der Waals surface area contributed by atoms with E-state index in [1.165, 1.54) is 18.2 Å². The largest absolute Gasteiger partial charge is 0.417 e. The number of halogens is 3. The van der Waals surface area contributed by atoms with Gasteiger partial charge in [0, 0.05) is 25.2 Å². The zero-order valence-electron chi connectivity index (χ0n) is 9.55. The highest BCUT2D eigenvalue weighted by molar-refractivity contribution is 6.01. The van der Waals surface area contributed by atoms with Gasteiger partial charge in [-0.15, -0.1) is 0 Å². The molecular formula is C12H13F3N2O. The van der Waals surface area contributed by atoms with Crippen molar-refractivity contribution in [3.8, 4) is 0 Å². The molecule has 0 radical (unpaired) electrons. The number of hydrogen-bond donors (Lipinski definition) is 2. The molecule has 0 spiro atoms. The number of ketones is 1. The molecule has 1 aromatic carbocycles. The van der Waals surface area contributed by atoms with E-state index < -0.39 is 23.6 Å². The Kier molecular flexibility index (Phi) is 3.68. The first kappa shape index (κ1) is 13.0. The Balaban J connectivity index is 2.30. The van der Waals surface area contributed by atoms with Crippen molar-refractivity contribution < 1.29 is 18.0 Å². The molecule has 1 atom stereocenters. The van der Waals surface area contributed by atoms with Gasteiger partial charge in [0.2, 0.25) is 0 Å². The van der Waals surface area contributed by atoms with Gasteiger partial charge in [0.25, 0.3) is 0 Å². The quantitative estimate of drug-likeness (QED) is 0.789. The van der Waals surface area contributed by atoms with E-state index in [0.717, 1.165) is 6.07 Å². The van der Waals surface area contributed by atoms with Crippen LogP contribution in [0.3, 0.4) is 0 Å². The highest BCUT2D eigenvalue weighted by Crippen LogP contribution is 2.32. The maximum atomic E-state index is 12.8. The van der Waals surface area contributed by atoms with Crippen LogP contribution in [-0.4, -0.2) is 31.5 Å². The molecule has 0 aliphatic carbocycles. The van der Waals surface area contributed by atoms with Crippen LogP contribution in [0.1, 0.15) is 15.9 Å². The lowest BCUT2D eigenvalue weighted by Gasteiger charge is -2.24. The molecule has 2 rings (SSSR count). The molecule has 0 aromatic heterocycles. The van der Waals surface area contributed by atoms with E-state index in [9.17, 15) is 18.0 Å². The molecule has 1 fully saturated rings. The van der Waals surface area contributed by atoms with Gasteiger partial charge >= 0.3 is 6.18 Å². The Bertz CT molecular complexity index is 439. The zero-order valence-corrected chi connectivity index (χ0v) is 9.55. The average molecular weight is 258 g/mol. The molecule has 0 bridgehead atoms. The van der Waals surface area contributed by atoms with Crippen molar-refractivity contribution in [2.75, 3.05) is 19.6 Å². The van der Waals surface area contributed by atoms with Gasteiger partial charge in [-0.1, -0.05) is 18.2 Å². The van der Waals surface area contributed by atoms with E-state index >= 15 is 0 Å². The SMILES string of the molecule is O=C(c1ccccc1C(F)(F)F)C1CNCCN1. The Morgan fingerprint density at radius 2 is 1.94 bits per heavy atom. The molecule has 0 saturated carbocycles. The van der Waals surface area contributed by atoms with Crippen LogP contribution in [0.4, 0.5) is 13.2 Å². The fourth-order valence-electron chi connectivity index (χ4n) is 1.97. The minimum absolute atomic E-state index is 0.272. The standard InChI is InChI=1S/C12H13F3N2O/c13-12(14,15)9-4-2-1-3-8(9)11(18)10-7-16-5-6-17-10/h1-4,10,16-17H,5-7H2. The minimum atomic E-state index is -4.51. The predicted molar refractivity (Wildman–Crippen MR) is 60.4 cm³/mol. The third kappa shape index (κ3) is 2.70. The summed E-state index contributed by atoms with van der Waals surface area (Å²) in [6.45, 7) is 1.64. The van der Waals surface area contributed by atoms with E-state index in [0.29, 0.717) is 19.6 Å². The van der Waals surface area contributed by atoms with Gasteiger partial charge in [0.15, 0.2) is 5.78 Å². The number of benzene rings is 1. The molecule has 1 heterocycles. The summed E-state index contributed by atoms with van der Waals surface area (Å²) in [6, 6.07) is 4.29.